The maximum absolute atomic E-state index is 3.59. The van der Waals surface area contributed by atoms with Gasteiger partial charge in [0.25, 0.3) is 0 Å². The number of allylic oxidation sites excluding steroid dienone is 3. The molecule has 0 amide bonds. The van der Waals surface area contributed by atoms with Gasteiger partial charge in [-0.1, -0.05) is 25.7 Å². The standard InChI is InChI=1S/C9H14/c1-4-7-8-9(5-2)6-3/h4,7H,2,6,8H2,1,3H3. The summed E-state index contributed by atoms with van der Waals surface area (Å²) in [5, 5.41) is 0. The highest BCUT2D eigenvalue weighted by molar-refractivity contribution is 5.03. The number of hydrogen-bond acceptors (Lipinski definition) is 0. The van der Waals surface area contributed by atoms with Gasteiger partial charge in [0.15, 0.2) is 0 Å². The van der Waals surface area contributed by atoms with Crippen molar-refractivity contribution in [2.75, 3.05) is 0 Å². The molecule has 50 valence electrons. The summed E-state index contributed by atoms with van der Waals surface area (Å²) in [6.45, 7) is 7.74. The van der Waals surface area contributed by atoms with E-state index in [4.69, 9.17) is 0 Å². The van der Waals surface area contributed by atoms with Crippen LogP contribution in [-0.2, 0) is 0 Å². The first-order chi connectivity index (χ1) is 4.35. The monoisotopic (exact) mass is 122 g/mol. The Morgan fingerprint density at radius 1 is 1.67 bits per heavy atom. The second kappa shape index (κ2) is 5.40. The van der Waals surface area contributed by atoms with E-state index in [-0.39, 0.29) is 0 Å². The van der Waals surface area contributed by atoms with Crippen LogP contribution in [0.4, 0.5) is 0 Å². The van der Waals surface area contributed by atoms with Gasteiger partial charge in [0.1, 0.15) is 0 Å². The molecule has 0 bridgehead atoms. The lowest BCUT2D eigenvalue weighted by atomic mass is 10.1. The molecule has 0 unspecified atom stereocenters. The molecule has 0 radical (unpaired) electrons. The lowest BCUT2D eigenvalue weighted by molar-refractivity contribution is 1.04. The average Bonchev–Trinajstić information content (AvgIpc) is 1.91. The Hall–Kier alpha value is -0.740. The van der Waals surface area contributed by atoms with Gasteiger partial charge in [-0.3, -0.25) is 0 Å². The minimum atomic E-state index is 1.01. The van der Waals surface area contributed by atoms with Crippen molar-refractivity contribution in [2.24, 2.45) is 0 Å². The Labute approximate surface area is 57.6 Å². The summed E-state index contributed by atoms with van der Waals surface area (Å²) >= 11 is 0. The summed E-state index contributed by atoms with van der Waals surface area (Å²) in [7, 11) is 0. The molecule has 0 saturated carbocycles. The van der Waals surface area contributed by atoms with E-state index in [1.54, 1.807) is 0 Å². The van der Waals surface area contributed by atoms with Gasteiger partial charge in [-0.25, -0.2) is 0 Å². The fraction of sp³-hybridized carbons (Fsp3) is 0.444. The van der Waals surface area contributed by atoms with E-state index in [2.05, 4.69) is 25.3 Å². The first kappa shape index (κ1) is 8.26. The summed E-state index contributed by atoms with van der Waals surface area (Å²) in [4.78, 5) is 0. The van der Waals surface area contributed by atoms with Crippen molar-refractivity contribution < 1.29 is 0 Å². The van der Waals surface area contributed by atoms with Crippen LogP contribution < -0.4 is 0 Å². The molecule has 0 aliphatic rings. The Balaban J connectivity index is 3.72. The highest BCUT2D eigenvalue weighted by atomic mass is 13.9. The molecule has 0 atom stereocenters. The summed E-state index contributed by atoms with van der Waals surface area (Å²) in [6.07, 6.45) is 6.24. The van der Waals surface area contributed by atoms with Gasteiger partial charge in [-0.2, -0.15) is 0 Å². The van der Waals surface area contributed by atoms with Crippen molar-refractivity contribution in [1.29, 1.82) is 0 Å². The van der Waals surface area contributed by atoms with Gasteiger partial charge in [0.2, 0.25) is 0 Å². The molecule has 0 heteroatoms. The summed E-state index contributed by atoms with van der Waals surface area (Å²) in [6, 6.07) is 0. The highest BCUT2D eigenvalue weighted by Crippen LogP contribution is 2.03. The van der Waals surface area contributed by atoms with Crippen LogP contribution in [0.5, 0.6) is 0 Å². The van der Waals surface area contributed by atoms with Crippen LogP contribution in [0.15, 0.2) is 30.0 Å². The van der Waals surface area contributed by atoms with E-state index < -0.39 is 0 Å². The fourth-order valence-electron chi connectivity index (χ4n) is 0.602. The maximum atomic E-state index is 3.59. The second-order valence-corrected chi connectivity index (χ2v) is 1.91. The number of hydrogen-bond donors (Lipinski definition) is 0. The quantitative estimate of drug-likeness (QED) is 0.398. The summed E-state index contributed by atoms with van der Waals surface area (Å²) in [5.41, 5.74) is 4.19. The van der Waals surface area contributed by atoms with Gasteiger partial charge >= 0.3 is 0 Å². The smallest absolute Gasteiger partial charge is 0.00629 e. The van der Waals surface area contributed by atoms with Crippen LogP contribution in [0, 0.1) is 0 Å². The predicted octanol–water partition coefficient (Wildman–Crippen LogP) is 3.07. The first-order valence-corrected chi connectivity index (χ1v) is 3.34. The van der Waals surface area contributed by atoms with Crippen LogP contribution in [-0.4, -0.2) is 0 Å². The highest BCUT2D eigenvalue weighted by Gasteiger charge is 1.84. The molecule has 0 aromatic carbocycles. The zero-order valence-corrected chi connectivity index (χ0v) is 6.28. The fourth-order valence-corrected chi connectivity index (χ4v) is 0.602. The van der Waals surface area contributed by atoms with Gasteiger partial charge in [0, 0.05) is 0 Å². The van der Waals surface area contributed by atoms with E-state index in [0.29, 0.717) is 0 Å². The SMILES string of the molecule is C=C=C(CC)CC=CC. The van der Waals surface area contributed by atoms with Crippen LogP contribution >= 0.6 is 0 Å². The Morgan fingerprint density at radius 2 is 2.33 bits per heavy atom. The minimum absolute atomic E-state index is 1.01. The van der Waals surface area contributed by atoms with E-state index in [1.807, 2.05) is 13.0 Å². The minimum Gasteiger partial charge on any atom is -0.129 e. The second-order valence-electron chi connectivity index (χ2n) is 1.91. The van der Waals surface area contributed by atoms with E-state index >= 15 is 0 Å². The molecule has 0 fully saturated rings. The van der Waals surface area contributed by atoms with Gasteiger partial charge in [0.05, 0.1) is 0 Å². The molecule has 0 saturated heterocycles. The van der Waals surface area contributed by atoms with Gasteiger partial charge in [-0.05, 0) is 25.3 Å². The molecule has 0 aliphatic carbocycles. The Bertz CT molecular complexity index is 134. The first-order valence-electron chi connectivity index (χ1n) is 3.34. The molecular formula is C9H14. The molecule has 0 N–H and O–H groups in total. The zero-order valence-electron chi connectivity index (χ0n) is 6.28. The van der Waals surface area contributed by atoms with Gasteiger partial charge < -0.3 is 0 Å². The third-order valence-electron chi connectivity index (χ3n) is 1.28. The van der Waals surface area contributed by atoms with Crippen molar-refractivity contribution in [3.63, 3.8) is 0 Å². The lowest BCUT2D eigenvalue weighted by Crippen LogP contribution is -1.73. The van der Waals surface area contributed by atoms with Crippen molar-refractivity contribution in [1.82, 2.24) is 0 Å². The summed E-state index contributed by atoms with van der Waals surface area (Å²) < 4.78 is 0. The van der Waals surface area contributed by atoms with Crippen LogP contribution in [0.2, 0.25) is 0 Å². The summed E-state index contributed by atoms with van der Waals surface area (Å²) in [5.74, 6) is 0. The van der Waals surface area contributed by atoms with E-state index in [0.717, 1.165) is 12.8 Å². The number of rotatable bonds is 3. The van der Waals surface area contributed by atoms with Crippen molar-refractivity contribution in [2.45, 2.75) is 26.7 Å². The van der Waals surface area contributed by atoms with Crippen molar-refractivity contribution in [3.05, 3.63) is 30.0 Å². The van der Waals surface area contributed by atoms with E-state index in [1.165, 1.54) is 5.57 Å². The molecule has 0 aromatic rings. The van der Waals surface area contributed by atoms with Crippen molar-refractivity contribution >= 4 is 0 Å². The largest absolute Gasteiger partial charge is 0.129 e. The predicted molar refractivity (Wildman–Crippen MR) is 42.4 cm³/mol. The van der Waals surface area contributed by atoms with Crippen LogP contribution in [0.25, 0.3) is 0 Å². The maximum Gasteiger partial charge on any atom is -0.00629 e. The third kappa shape index (κ3) is 3.81. The molecule has 0 rings (SSSR count). The topological polar surface area (TPSA) is 0 Å². The molecular weight excluding hydrogens is 108 g/mol. The Kier molecular flexibility index (Phi) is 4.95. The normalized spacial score (nSPS) is 9.56. The van der Waals surface area contributed by atoms with E-state index in [9.17, 15) is 0 Å². The zero-order chi connectivity index (χ0) is 7.11. The Morgan fingerprint density at radius 3 is 2.67 bits per heavy atom. The molecule has 0 heterocycles. The molecule has 0 aliphatic heterocycles. The molecule has 0 nitrogen and oxygen atoms in total. The van der Waals surface area contributed by atoms with Crippen molar-refractivity contribution in [3.8, 4) is 0 Å². The van der Waals surface area contributed by atoms with Gasteiger partial charge in [-0.15, -0.1) is 5.73 Å². The molecule has 0 aromatic heterocycles. The molecule has 0 spiro atoms. The lowest BCUT2D eigenvalue weighted by Gasteiger charge is -1.92. The average molecular weight is 122 g/mol. The van der Waals surface area contributed by atoms with Crippen LogP contribution in [0.3, 0.4) is 0 Å². The van der Waals surface area contributed by atoms with Crippen LogP contribution in [0.1, 0.15) is 26.7 Å². The molecule has 9 heavy (non-hydrogen) atoms. The third-order valence-corrected chi connectivity index (χ3v) is 1.28.